The van der Waals surface area contributed by atoms with Crippen molar-refractivity contribution in [2.45, 2.75) is 24.3 Å². The average Bonchev–Trinajstić information content (AvgIpc) is 2.99. The lowest BCUT2D eigenvalue weighted by molar-refractivity contribution is -0.139. The molecule has 0 saturated heterocycles. The molecule has 3 rings (SSSR count). The summed E-state index contributed by atoms with van der Waals surface area (Å²) < 4.78 is 0. The van der Waals surface area contributed by atoms with E-state index in [-0.39, 0.29) is 5.41 Å². The lowest BCUT2D eigenvalue weighted by Gasteiger charge is -2.20. The molecule has 0 bridgehead atoms. The summed E-state index contributed by atoms with van der Waals surface area (Å²) in [5.41, 5.74) is 8.19. The molecule has 0 radical (unpaired) electrons. The first-order chi connectivity index (χ1) is 8.13. The SMILES string of the molecule is NC(C(=O)O)C1(c2ccc3nc[nH]c3c2)CC1. The fourth-order valence-electron chi connectivity index (χ4n) is 2.40. The Labute approximate surface area is 97.7 Å². The molecule has 17 heavy (non-hydrogen) atoms. The van der Waals surface area contributed by atoms with Crippen LogP contribution >= 0.6 is 0 Å². The van der Waals surface area contributed by atoms with Gasteiger partial charge in [-0.15, -0.1) is 0 Å². The molecule has 1 unspecified atom stereocenters. The van der Waals surface area contributed by atoms with E-state index in [2.05, 4.69) is 9.97 Å². The maximum absolute atomic E-state index is 11.0. The van der Waals surface area contributed by atoms with Gasteiger partial charge in [0.2, 0.25) is 0 Å². The number of carbonyl (C=O) groups is 1. The zero-order valence-corrected chi connectivity index (χ0v) is 9.18. The number of imidazole rings is 1. The number of nitrogens with two attached hydrogens (primary N) is 1. The fourth-order valence-corrected chi connectivity index (χ4v) is 2.40. The van der Waals surface area contributed by atoms with Crippen LogP contribution in [0, 0.1) is 0 Å². The van der Waals surface area contributed by atoms with Crippen LogP contribution in [0.5, 0.6) is 0 Å². The van der Waals surface area contributed by atoms with Gasteiger partial charge in [0.05, 0.1) is 17.4 Å². The van der Waals surface area contributed by atoms with Crippen LogP contribution in [0.15, 0.2) is 24.5 Å². The third-order valence-corrected chi connectivity index (χ3v) is 3.65. The molecule has 0 amide bonds. The zero-order chi connectivity index (χ0) is 12.0. The molecule has 1 fully saturated rings. The van der Waals surface area contributed by atoms with Gasteiger partial charge in [0, 0.05) is 5.41 Å². The number of nitrogens with zero attached hydrogens (tertiary/aromatic N) is 1. The van der Waals surface area contributed by atoms with Gasteiger partial charge in [-0.25, -0.2) is 4.98 Å². The Morgan fingerprint density at radius 1 is 1.53 bits per heavy atom. The molecule has 4 N–H and O–H groups in total. The smallest absolute Gasteiger partial charge is 0.321 e. The van der Waals surface area contributed by atoms with Crippen LogP contribution in [-0.4, -0.2) is 27.1 Å². The van der Waals surface area contributed by atoms with E-state index in [1.165, 1.54) is 0 Å². The number of H-pyrrole nitrogens is 1. The van der Waals surface area contributed by atoms with Crippen LogP contribution < -0.4 is 5.73 Å². The van der Waals surface area contributed by atoms with Crippen LogP contribution in [0.3, 0.4) is 0 Å². The van der Waals surface area contributed by atoms with E-state index in [4.69, 9.17) is 10.8 Å². The van der Waals surface area contributed by atoms with Crippen molar-refractivity contribution in [2.75, 3.05) is 0 Å². The minimum atomic E-state index is -0.938. The first-order valence-corrected chi connectivity index (χ1v) is 5.55. The van der Waals surface area contributed by atoms with Crippen LogP contribution in [0.4, 0.5) is 0 Å². The van der Waals surface area contributed by atoms with Crippen LogP contribution in [-0.2, 0) is 10.2 Å². The second-order valence-corrected chi connectivity index (χ2v) is 4.61. The predicted molar refractivity (Wildman–Crippen MR) is 62.6 cm³/mol. The number of carboxylic acid groups (broad SMARTS) is 1. The van der Waals surface area contributed by atoms with Crippen molar-refractivity contribution in [2.24, 2.45) is 5.73 Å². The van der Waals surface area contributed by atoms with Gasteiger partial charge in [0.1, 0.15) is 6.04 Å². The number of aliphatic carboxylic acids is 1. The van der Waals surface area contributed by atoms with Crippen molar-refractivity contribution in [3.63, 3.8) is 0 Å². The van der Waals surface area contributed by atoms with Crippen LogP contribution in [0.25, 0.3) is 11.0 Å². The van der Waals surface area contributed by atoms with Gasteiger partial charge in [-0.05, 0) is 30.5 Å². The highest BCUT2D eigenvalue weighted by atomic mass is 16.4. The summed E-state index contributed by atoms with van der Waals surface area (Å²) in [6, 6.07) is 4.95. The number of hydrogen-bond acceptors (Lipinski definition) is 3. The first kappa shape index (κ1) is 10.3. The highest BCUT2D eigenvalue weighted by Gasteiger charge is 2.52. The molecular formula is C12H13N3O2. The molecule has 1 aliphatic carbocycles. The maximum atomic E-state index is 11.0. The second kappa shape index (κ2) is 3.30. The molecule has 1 aromatic heterocycles. The molecule has 88 valence electrons. The van der Waals surface area contributed by atoms with Crippen molar-refractivity contribution in [1.29, 1.82) is 0 Å². The molecule has 1 heterocycles. The zero-order valence-electron chi connectivity index (χ0n) is 9.18. The van der Waals surface area contributed by atoms with E-state index in [0.29, 0.717) is 0 Å². The highest BCUT2D eigenvalue weighted by molar-refractivity contribution is 5.79. The third-order valence-electron chi connectivity index (χ3n) is 3.65. The first-order valence-electron chi connectivity index (χ1n) is 5.55. The van der Waals surface area contributed by atoms with E-state index < -0.39 is 12.0 Å². The molecule has 0 spiro atoms. The summed E-state index contributed by atoms with van der Waals surface area (Å²) in [5.74, 6) is -0.938. The summed E-state index contributed by atoms with van der Waals surface area (Å²) in [7, 11) is 0. The summed E-state index contributed by atoms with van der Waals surface area (Å²) in [6.07, 6.45) is 3.30. The molecule has 1 saturated carbocycles. The lowest BCUT2D eigenvalue weighted by Crippen LogP contribution is -2.41. The van der Waals surface area contributed by atoms with Gasteiger partial charge in [-0.2, -0.15) is 0 Å². The molecule has 5 nitrogen and oxygen atoms in total. The molecule has 1 aromatic carbocycles. The Bertz CT molecular complexity index is 586. The van der Waals surface area contributed by atoms with Crippen molar-refractivity contribution in [1.82, 2.24) is 9.97 Å². The van der Waals surface area contributed by atoms with E-state index in [0.717, 1.165) is 29.4 Å². The number of hydrogen-bond donors (Lipinski definition) is 3. The van der Waals surface area contributed by atoms with Gasteiger partial charge in [-0.1, -0.05) is 6.07 Å². The second-order valence-electron chi connectivity index (χ2n) is 4.61. The summed E-state index contributed by atoms with van der Waals surface area (Å²) >= 11 is 0. The van der Waals surface area contributed by atoms with Crippen LogP contribution in [0.1, 0.15) is 18.4 Å². The monoisotopic (exact) mass is 231 g/mol. The van der Waals surface area contributed by atoms with Gasteiger partial charge >= 0.3 is 5.97 Å². The van der Waals surface area contributed by atoms with E-state index in [1.807, 2.05) is 18.2 Å². The lowest BCUT2D eigenvalue weighted by atomic mass is 9.88. The van der Waals surface area contributed by atoms with Crippen molar-refractivity contribution < 1.29 is 9.90 Å². The van der Waals surface area contributed by atoms with Gasteiger partial charge in [0.15, 0.2) is 0 Å². The standard InChI is InChI=1S/C12H13N3O2/c13-10(11(16)17)12(3-4-12)7-1-2-8-9(5-7)15-6-14-8/h1-2,5-6,10H,3-4,13H2,(H,14,15)(H,16,17). The summed E-state index contributed by atoms with van der Waals surface area (Å²) in [5, 5.41) is 9.05. The number of aromatic amines is 1. The van der Waals surface area contributed by atoms with Crippen molar-refractivity contribution >= 4 is 17.0 Å². The topological polar surface area (TPSA) is 92.0 Å². The Morgan fingerprint density at radius 2 is 2.29 bits per heavy atom. The average molecular weight is 231 g/mol. The molecular weight excluding hydrogens is 218 g/mol. The molecule has 2 aromatic rings. The number of benzene rings is 1. The van der Waals surface area contributed by atoms with Gasteiger partial charge in [0.25, 0.3) is 0 Å². The van der Waals surface area contributed by atoms with E-state index in [9.17, 15) is 4.79 Å². The summed E-state index contributed by atoms with van der Waals surface area (Å²) in [6.45, 7) is 0. The number of rotatable bonds is 3. The van der Waals surface area contributed by atoms with Crippen LogP contribution in [0.2, 0.25) is 0 Å². The maximum Gasteiger partial charge on any atom is 0.321 e. The van der Waals surface area contributed by atoms with E-state index >= 15 is 0 Å². The fraction of sp³-hybridized carbons (Fsp3) is 0.333. The Hall–Kier alpha value is -1.88. The molecule has 5 heteroatoms. The Kier molecular flexibility index (Phi) is 2.00. The minimum absolute atomic E-state index is 0.384. The number of carboxylic acids is 1. The van der Waals surface area contributed by atoms with Crippen molar-refractivity contribution in [3.05, 3.63) is 30.1 Å². The third kappa shape index (κ3) is 1.43. The Morgan fingerprint density at radius 3 is 2.94 bits per heavy atom. The van der Waals surface area contributed by atoms with Gasteiger partial charge < -0.3 is 15.8 Å². The number of aromatic nitrogens is 2. The molecule has 1 atom stereocenters. The highest BCUT2D eigenvalue weighted by Crippen LogP contribution is 2.50. The predicted octanol–water partition coefficient (Wildman–Crippen LogP) is 1.01. The molecule has 0 aliphatic heterocycles. The number of nitrogens with one attached hydrogen (secondary N) is 1. The quantitative estimate of drug-likeness (QED) is 0.735. The molecule has 1 aliphatic rings. The normalized spacial score (nSPS) is 19.1. The van der Waals surface area contributed by atoms with Crippen molar-refractivity contribution in [3.8, 4) is 0 Å². The minimum Gasteiger partial charge on any atom is -0.480 e. The number of fused-ring (bicyclic) bond motifs is 1. The van der Waals surface area contributed by atoms with Gasteiger partial charge in [-0.3, -0.25) is 4.79 Å². The van der Waals surface area contributed by atoms with E-state index in [1.54, 1.807) is 6.33 Å². The Balaban J connectivity index is 2.06. The summed E-state index contributed by atoms with van der Waals surface area (Å²) in [4.78, 5) is 18.2. The largest absolute Gasteiger partial charge is 0.480 e.